The van der Waals surface area contributed by atoms with Crippen LogP contribution in [0.15, 0.2) is 12.1 Å². The number of urea groups is 1. The molecule has 2 N–H and O–H groups in total. The summed E-state index contributed by atoms with van der Waals surface area (Å²) in [6.07, 6.45) is 0. The Kier molecular flexibility index (Phi) is 6.21. The molecule has 1 aromatic carbocycles. The number of imide groups is 1. The van der Waals surface area contributed by atoms with Crippen LogP contribution < -0.4 is 15.4 Å². The molecule has 0 radical (unpaired) electrons. The van der Waals surface area contributed by atoms with E-state index >= 15 is 0 Å². The van der Waals surface area contributed by atoms with Gasteiger partial charge in [0.05, 0.1) is 15.1 Å². The second-order valence-corrected chi connectivity index (χ2v) is 4.61. The molecule has 0 saturated carbocycles. The number of amides is 3. The molecular weight excluding hydrogens is 314 g/mol. The summed E-state index contributed by atoms with van der Waals surface area (Å²) in [5, 5.41) is 5.25. The maximum atomic E-state index is 11.4. The molecule has 104 valence electrons. The van der Waals surface area contributed by atoms with Crippen LogP contribution in [-0.4, -0.2) is 25.1 Å². The van der Waals surface area contributed by atoms with Gasteiger partial charge in [-0.25, -0.2) is 4.79 Å². The van der Waals surface area contributed by atoms with Crippen molar-refractivity contribution in [1.82, 2.24) is 10.6 Å². The second kappa shape index (κ2) is 7.43. The lowest BCUT2D eigenvalue weighted by molar-refractivity contribution is -0.122. The van der Waals surface area contributed by atoms with Crippen LogP contribution in [-0.2, 0) is 4.79 Å². The van der Waals surface area contributed by atoms with Crippen molar-refractivity contribution in [2.24, 2.45) is 0 Å². The first kappa shape index (κ1) is 15.9. The Morgan fingerprint density at radius 3 is 2.42 bits per heavy atom. The Labute approximate surface area is 125 Å². The van der Waals surface area contributed by atoms with Crippen molar-refractivity contribution >= 4 is 46.7 Å². The van der Waals surface area contributed by atoms with Gasteiger partial charge in [0.15, 0.2) is 6.61 Å². The summed E-state index contributed by atoms with van der Waals surface area (Å²) < 4.78 is 5.15. The molecule has 1 rings (SSSR count). The van der Waals surface area contributed by atoms with Crippen molar-refractivity contribution in [2.75, 3.05) is 13.2 Å². The molecule has 0 spiro atoms. The van der Waals surface area contributed by atoms with Gasteiger partial charge in [-0.3, -0.25) is 10.1 Å². The topological polar surface area (TPSA) is 67.4 Å². The molecule has 0 fully saturated rings. The molecule has 0 aliphatic carbocycles. The van der Waals surface area contributed by atoms with E-state index in [2.05, 4.69) is 10.6 Å². The van der Waals surface area contributed by atoms with Gasteiger partial charge in [-0.05, 0) is 13.0 Å². The van der Waals surface area contributed by atoms with Crippen LogP contribution in [0.3, 0.4) is 0 Å². The number of nitrogens with one attached hydrogen (secondary N) is 2. The van der Waals surface area contributed by atoms with E-state index in [-0.39, 0.29) is 27.4 Å². The number of ether oxygens (including phenoxy) is 1. The molecule has 0 aliphatic heterocycles. The standard InChI is InChI=1S/C11H11Cl3N2O3/c1-2-15-11(18)16-10(17)5-19-9-4-7(13)6(12)3-8(9)14/h3-4H,2,5H2,1H3,(H2,15,16,17,18). The van der Waals surface area contributed by atoms with Gasteiger partial charge in [-0.15, -0.1) is 0 Å². The minimum Gasteiger partial charge on any atom is -0.482 e. The second-order valence-electron chi connectivity index (χ2n) is 3.39. The van der Waals surface area contributed by atoms with E-state index in [1.165, 1.54) is 12.1 Å². The maximum absolute atomic E-state index is 11.4. The van der Waals surface area contributed by atoms with Crippen LogP contribution in [0.5, 0.6) is 5.75 Å². The predicted molar refractivity (Wildman–Crippen MR) is 74.2 cm³/mol. The molecule has 8 heteroatoms. The quantitative estimate of drug-likeness (QED) is 0.837. The Balaban J connectivity index is 2.55. The summed E-state index contributed by atoms with van der Waals surface area (Å²) in [5.74, 6) is -0.393. The predicted octanol–water partition coefficient (Wildman–Crippen LogP) is 2.87. The lowest BCUT2D eigenvalue weighted by Crippen LogP contribution is -2.41. The molecule has 19 heavy (non-hydrogen) atoms. The third-order valence-electron chi connectivity index (χ3n) is 1.92. The molecule has 0 bridgehead atoms. The van der Waals surface area contributed by atoms with Gasteiger partial charge in [0.1, 0.15) is 5.75 Å². The third-order valence-corrected chi connectivity index (χ3v) is 2.94. The number of hydrogen-bond acceptors (Lipinski definition) is 3. The number of halogens is 3. The average molecular weight is 326 g/mol. The fourth-order valence-electron chi connectivity index (χ4n) is 1.13. The van der Waals surface area contributed by atoms with E-state index in [1.807, 2.05) is 0 Å². The third kappa shape index (κ3) is 5.14. The Hall–Kier alpha value is -1.17. The largest absolute Gasteiger partial charge is 0.482 e. The highest BCUT2D eigenvalue weighted by molar-refractivity contribution is 6.43. The van der Waals surface area contributed by atoms with Crippen LogP contribution in [0, 0.1) is 0 Å². The molecular formula is C11H11Cl3N2O3. The first-order valence-corrected chi connectivity index (χ1v) is 6.42. The summed E-state index contributed by atoms with van der Waals surface area (Å²) in [6.45, 7) is 1.78. The summed E-state index contributed by atoms with van der Waals surface area (Å²) in [5.41, 5.74) is 0. The Morgan fingerprint density at radius 1 is 1.16 bits per heavy atom. The Morgan fingerprint density at radius 2 is 1.79 bits per heavy atom. The van der Waals surface area contributed by atoms with Gasteiger partial charge in [0.2, 0.25) is 0 Å². The average Bonchev–Trinajstić information content (AvgIpc) is 2.32. The van der Waals surface area contributed by atoms with E-state index in [0.717, 1.165) is 0 Å². The molecule has 0 aromatic heterocycles. The number of carbonyl (C=O) groups excluding carboxylic acids is 2. The molecule has 0 unspecified atom stereocenters. The fourth-order valence-corrected chi connectivity index (χ4v) is 1.72. The highest BCUT2D eigenvalue weighted by Crippen LogP contribution is 2.33. The minimum atomic E-state index is -0.604. The zero-order valence-corrected chi connectivity index (χ0v) is 12.2. The zero-order valence-electron chi connectivity index (χ0n) is 9.93. The first-order chi connectivity index (χ1) is 8.93. The lowest BCUT2D eigenvalue weighted by Gasteiger charge is -2.09. The van der Waals surface area contributed by atoms with Crippen LogP contribution in [0.4, 0.5) is 4.79 Å². The number of hydrogen-bond donors (Lipinski definition) is 2. The lowest BCUT2D eigenvalue weighted by atomic mass is 10.3. The smallest absolute Gasteiger partial charge is 0.321 e. The van der Waals surface area contributed by atoms with Crippen LogP contribution in [0.2, 0.25) is 15.1 Å². The van der Waals surface area contributed by atoms with Crippen molar-refractivity contribution in [2.45, 2.75) is 6.92 Å². The molecule has 0 atom stereocenters. The highest BCUT2D eigenvalue weighted by atomic mass is 35.5. The molecule has 3 amide bonds. The normalized spacial score (nSPS) is 9.89. The monoisotopic (exact) mass is 324 g/mol. The Bertz CT molecular complexity index is 494. The summed E-state index contributed by atoms with van der Waals surface area (Å²) in [7, 11) is 0. The van der Waals surface area contributed by atoms with Crippen molar-refractivity contribution in [3.8, 4) is 5.75 Å². The zero-order chi connectivity index (χ0) is 14.4. The van der Waals surface area contributed by atoms with Gasteiger partial charge in [-0.1, -0.05) is 34.8 Å². The molecule has 1 aromatic rings. The summed E-state index contributed by atoms with van der Waals surface area (Å²) >= 11 is 17.4. The molecule has 5 nitrogen and oxygen atoms in total. The van der Waals surface area contributed by atoms with E-state index in [4.69, 9.17) is 39.5 Å². The van der Waals surface area contributed by atoms with Crippen LogP contribution in [0.1, 0.15) is 6.92 Å². The van der Waals surface area contributed by atoms with E-state index in [1.54, 1.807) is 6.92 Å². The summed E-state index contributed by atoms with van der Waals surface area (Å²) in [6, 6.07) is 2.21. The van der Waals surface area contributed by atoms with Crippen molar-refractivity contribution in [3.05, 3.63) is 27.2 Å². The van der Waals surface area contributed by atoms with Crippen molar-refractivity contribution < 1.29 is 14.3 Å². The van der Waals surface area contributed by atoms with E-state index in [9.17, 15) is 9.59 Å². The van der Waals surface area contributed by atoms with Gasteiger partial charge in [-0.2, -0.15) is 0 Å². The highest BCUT2D eigenvalue weighted by Gasteiger charge is 2.11. The van der Waals surface area contributed by atoms with Crippen molar-refractivity contribution in [3.63, 3.8) is 0 Å². The van der Waals surface area contributed by atoms with Gasteiger partial charge < -0.3 is 10.1 Å². The van der Waals surface area contributed by atoms with Gasteiger partial charge in [0, 0.05) is 12.6 Å². The van der Waals surface area contributed by atoms with Gasteiger partial charge in [0.25, 0.3) is 5.91 Å². The van der Waals surface area contributed by atoms with Crippen molar-refractivity contribution in [1.29, 1.82) is 0 Å². The number of rotatable bonds is 4. The molecule has 0 aliphatic rings. The van der Waals surface area contributed by atoms with Gasteiger partial charge >= 0.3 is 6.03 Å². The first-order valence-electron chi connectivity index (χ1n) is 5.29. The van der Waals surface area contributed by atoms with Crippen LogP contribution >= 0.6 is 34.8 Å². The van der Waals surface area contributed by atoms with E-state index in [0.29, 0.717) is 6.54 Å². The van der Waals surface area contributed by atoms with E-state index < -0.39 is 11.9 Å². The maximum Gasteiger partial charge on any atom is 0.321 e. The molecule has 0 saturated heterocycles. The fraction of sp³-hybridized carbons (Fsp3) is 0.273. The summed E-state index contributed by atoms with van der Waals surface area (Å²) in [4.78, 5) is 22.4. The number of carbonyl (C=O) groups is 2. The number of benzene rings is 1. The minimum absolute atomic E-state index is 0.210. The van der Waals surface area contributed by atoms with Crippen LogP contribution in [0.25, 0.3) is 0 Å². The molecule has 0 heterocycles. The SMILES string of the molecule is CCNC(=O)NC(=O)COc1cc(Cl)c(Cl)cc1Cl.